The molecule has 1 aromatic heterocycles. The first kappa shape index (κ1) is 13.5. The number of rotatable bonds is 2. The van der Waals surface area contributed by atoms with Crippen LogP contribution in [0.15, 0.2) is 6.33 Å². The number of amides is 1. The maximum absolute atomic E-state index is 12.1. The molecule has 2 unspecified atom stereocenters. The fourth-order valence-corrected chi connectivity index (χ4v) is 2.19. The molecule has 0 spiro atoms. The topological polar surface area (TPSA) is 64.1 Å². The first-order valence-electron chi connectivity index (χ1n) is 5.64. The molecule has 98 valence electrons. The van der Waals surface area contributed by atoms with Gasteiger partial charge >= 0.3 is 0 Å². The van der Waals surface area contributed by atoms with Gasteiger partial charge in [0.25, 0.3) is 0 Å². The lowest BCUT2D eigenvalue weighted by Crippen LogP contribution is -2.35. The average molecular weight is 290 g/mol. The van der Waals surface area contributed by atoms with E-state index in [0.29, 0.717) is 19.6 Å². The predicted octanol–water partition coefficient (Wildman–Crippen LogP) is 2.39. The first-order chi connectivity index (χ1) is 8.59. The van der Waals surface area contributed by atoms with Gasteiger partial charge in [-0.2, -0.15) is 0 Å². The lowest BCUT2D eigenvalue weighted by atomic mass is 9.89. The van der Waals surface area contributed by atoms with Crippen molar-refractivity contribution in [3.05, 3.63) is 16.5 Å². The summed E-state index contributed by atoms with van der Waals surface area (Å²) in [5, 5.41) is 2.98. The average Bonchev–Trinajstić information content (AvgIpc) is 2.35. The smallest absolute Gasteiger partial charge is 0.229 e. The number of nitrogens with one attached hydrogen (secondary N) is 1. The molecular weight excluding hydrogens is 277 g/mol. The van der Waals surface area contributed by atoms with Crippen molar-refractivity contribution < 1.29 is 9.53 Å². The van der Waals surface area contributed by atoms with Crippen molar-refractivity contribution in [1.82, 2.24) is 9.97 Å². The summed E-state index contributed by atoms with van der Waals surface area (Å²) in [7, 11) is 0. The molecule has 1 saturated heterocycles. The van der Waals surface area contributed by atoms with E-state index in [9.17, 15) is 4.79 Å². The molecule has 1 amide bonds. The summed E-state index contributed by atoms with van der Waals surface area (Å²) < 4.78 is 5.30. The molecule has 2 heterocycles. The minimum Gasteiger partial charge on any atom is -0.381 e. The summed E-state index contributed by atoms with van der Waals surface area (Å²) in [6, 6.07) is 0. The number of carbonyl (C=O) groups excluding carboxylic acids is 1. The number of hydrogen-bond donors (Lipinski definition) is 1. The lowest BCUT2D eigenvalue weighted by Gasteiger charge is -2.27. The Kier molecular flexibility index (Phi) is 4.37. The van der Waals surface area contributed by atoms with Crippen molar-refractivity contribution in [2.45, 2.75) is 13.3 Å². The third kappa shape index (κ3) is 2.91. The van der Waals surface area contributed by atoms with E-state index in [1.165, 1.54) is 6.33 Å². The molecule has 0 aliphatic carbocycles. The second kappa shape index (κ2) is 5.82. The molecule has 5 nitrogen and oxygen atoms in total. The van der Waals surface area contributed by atoms with Gasteiger partial charge in [0.15, 0.2) is 11.0 Å². The van der Waals surface area contributed by atoms with Gasteiger partial charge in [-0.05, 0) is 12.3 Å². The number of hydrogen-bond acceptors (Lipinski definition) is 4. The van der Waals surface area contributed by atoms with Gasteiger partial charge in [0.05, 0.1) is 0 Å². The quantitative estimate of drug-likeness (QED) is 0.849. The Labute approximate surface area is 115 Å². The molecule has 1 N–H and O–H groups in total. The van der Waals surface area contributed by atoms with Crippen molar-refractivity contribution >= 4 is 34.9 Å². The van der Waals surface area contributed by atoms with Gasteiger partial charge in [-0.15, -0.1) is 0 Å². The molecule has 0 radical (unpaired) electrons. The second-order valence-corrected chi connectivity index (χ2v) is 5.00. The van der Waals surface area contributed by atoms with Gasteiger partial charge < -0.3 is 10.1 Å². The third-order valence-electron chi connectivity index (χ3n) is 2.97. The molecule has 1 aromatic rings. The van der Waals surface area contributed by atoms with E-state index in [2.05, 4.69) is 15.3 Å². The summed E-state index contributed by atoms with van der Waals surface area (Å²) in [6.45, 7) is 3.18. The molecule has 0 aromatic carbocycles. The van der Waals surface area contributed by atoms with E-state index in [4.69, 9.17) is 27.9 Å². The van der Waals surface area contributed by atoms with Crippen LogP contribution in [-0.4, -0.2) is 29.1 Å². The molecule has 0 bridgehead atoms. The van der Waals surface area contributed by atoms with Crippen molar-refractivity contribution in [2.24, 2.45) is 11.8 Å². The van der Waals surface area contributed by atoms with Gasteiger partial charge in [-0.1, -0.05) is 30.1 Å². The van der Waals surface area contributed by atoms with Crippen molar-refractivity contribution in [3.8, 4) is 0 Å². The largest absolute Gasteiger partial charge is 0.381 e. The Hall–Kier alpha value is -0.910. The summed E-state index contributed by atoms with van der Waals surface area (Å²) in [5.74, 6) is 0.223. The summed E-state index contributed by atoms with van der Waals surface area (Å²) in [6.07, 6.45) is 1.96. The number of aromatic nitrogens is 2. The van der Waals surface area contributed by atoms with Crippen LogP contribution < -0.4 is 5.32 Å². The molecule has 1 aliphatic rings. The van der Waals surface area contributed by atoms with Crippen molar-refractivity contribution in [1.29, 1.82) is 0 Å². The van der Waals surface area contributed by atoms with E-state index < -0.39 is 0 Å². The van der Waals surface area contributed by atoms with Gasteiger partial charge in [-0.3, -0.25) is 4.79 Å². The Morgan fingerprint density at radius 1 is 1.50 bits per heavy atom. The van der Waals surface area contributed by atoms with E-state index in [0.717, 1.165) is 0 Å². The van der Waals surface area contributed by atoms with Crippen molar-refractivity contribution in [3.63, 3.8) is 0 Å². The SMILES string of the molecule is CC1COCCC1C(=O)Nc1ncnc(Cl)c1Cl. The standard InChI is InChI=1S/C11H13Cl2N3O2/c1-6-4-18-3-2-7(6)11(17)16-10-8(12)9(13)14-5-15-10/h5-7H,2-4H2,1H3,(H,14,15,16,17). The molecule has 2 rings (SSSR count). The Morgan fingerprint density at radius 2 is 2.28 bits per heavy atom. The fourth-order valence-electron chi connectivity index (χ4n) is 1.91. The van der Waals surface area contributed by atoms with Crippen LogP contribution in [0.4, 0.5) is 5.82 Å². The number of ether oxygens (including phenoxy) is 1. The number of anilines is 1. The number of carbonyl (C=O) groups is 1. The van der Waals surface area contributed by atoms with Crippen LogP contribution in [0.2, 0.25) is 10.2 Å². The van der Waals surface area contributed by atoms with Crippen LogP contribution in [0, 0.1) is 11.8 Å². The van der Waals surface area contributed by atoms with E-state index in [-0.39, 0.29) is 33.7 Å². The monoisotopic (exact) mass is 289 g/mol. The van der Waals surface area contributed by atoms with Crippen LogP contribution in [0.5, 0.6) is 0 Å². The number of nitrogens with zero attached hydrogens (tertiary/aromatic N) is 2. The highest BCUT2D eigenvalue weighted by atomic mass is 35.5. The molecule has 1 aliphatic heterocycles. The van der Waals surface area contributed by atoms with E-state index in [1.54, 1.807) is 0 Å². The number of halogens is 2. The highest BCUT2D eigenvalue weighted by molar-refractivity contribution is 6.42. The molecular formula is C11H13Cl2N3O2. The van der Waals surface area contributed by atoms with Crippen LogP contribution >= 0.6 is 23.2 Å². The molecule has 2 atom stereocenters. The summed E-state index contributed by atoms with van der Waals surface area (Å²) in [5.41, 5.74) is 0. The van der Waals surface area contributed by atoms with Crippen molar-refractivity contribution in [2.75, 3.05) is 18.5 Å². The lowest BCUT2D eigenvalue weighted by molar-refractivity contribution is -0.125. The van der Waals surface area contributed by atoms with Gasteiger partial charge in [0, 0.05) is 19.1 Å². The van der Waals surface area contributed by atoms with E-state index in [1.807, 2.05) is 6.92 Å². The third-order valence-corrected chi connectivity index (χ3v) is 3.71. The molecule has 0 saturated carbocycles. The van der Waals surface area contributed by atoms with Crippen LogP contribution in [0.25, 0.3) is 0 Å². The predicted molar refractivity (Wildman–Crippen MR) is 68.8 cm³/mol. The molecule has 7 heteroatoms. The molecule has 1 fully saturated rings. The summed E-state index contributed by atoms with van der Waals surface area (Å²) >= 11 is 11.7. The normalized spacial score (nSPS) is 23.7. The maximum atomic E-state index is 12.1. The van der Waals surface area contributed by atoms with Gasteiger partial charge in [0.2, 0.25) is 5.91 Å². The van der Waals surface area contributed by atoms with Gasteiger partial charge in [-0.25, -0.2) is 9.97 Å². The summed E-state index contributed by atoms with van der Waals surface area (Å²) in [4.78, 5) is 19.7. The second-order valence-electron chi connectivity index (χ2n) is 4.26. The first-order valence-corrected chi connectivity index (χ1v) is 6.39. The van der Waals surface area contributed by atoms with Crippen LogP contribution in [0.1, 0.15) is 13.3 Å². The highest BCUT2D eigenvalue weighted by Gasteiger charge is 2.29. The minimum absolute atomic E-state index is 0.0939. The van der Waals surface area contributed by atoms with Crippen LogP contribution in [0.3, 0.4) is 0 Å². The highest BCUT2D eigenvalue weighted by Crippen LogP contribution is 2.28. The Balaban J connectivity index is 2.09. The zero-order valence-electron chi connectivity index (χ0n) is 9.82. The van der Waals surface area contributed by atoms with Gasteiger partial charge in [0.1, 0.15) is 11.3 Å². The Morgan fingerprint density at radius 3 is 3.00 bits per heavy atom. The zero-order valence-corrected chi connectivity index (χ0v) is 11.3. The van der Waals surface area contributed by atoms with E-state index >= 15 is 0 Å². The fraction of sp³-hybridized carbons (Fsp3) is 0.545. The maximum Gasteiger partial charge on any atom is 0.229 e. The zero-order chi connectivity index (χ0) is 13.1. The minimum atomic E-state index is -0.109. The molecule has 18 heavy (non-hydrogen) atoms. The van der Waals surface area contributed by atoms with Crippen LogP contribution in [-0.2, 0) is 9.53 Å². The Bertz CT molecular complexity index is 456.